The summed E-state index contributed by atoms with van der Waals surface area (Å²) in [6.07, 6.45) is -2.34. The Labute approximate surface area is 87.6 Å². The first-order valence-electron chi connectivity index (χ1n) is 4.79. The molecule has 0 aromatic heterocycles. The summed E-state index contributed by atoms with van der Waals surface area (Å²) in [6.45, 7) is 3.54. The molecule has 0 aromatic rings. The molecule has 1 unspecified atom stereocenters. The van der Waals surface area contributed by atoms with E-state index in [9.17, 15) is 4.79 Å². The lowest BCUT2D eigenvalue weighted by molar-refractivity contribution is -0.194. The maximum Gasteiger partial charge on any atom is 0.337 e. The van der Waals surface area contributed by atoms with Gasteiger partial charge in [-0.15, -0.1) is 0 Å². The molecule has 6 heteroatoms. The van der Waals surface area contributed by atoms with Gasteiger partial charge >= 0.3 is 5.97 Å². The summed E-state index contributed by atoms with van der Waals surface area (Å²) >= 11 is 0. The predicted molar refractivity (Wildman–Crippen MR) is 48.7 cm³/mol. The minimum atomic E-state index is -0.795. The molecule has 4 atom stereocenters. The van der Waals surface area contributed by atoms with Gasteiger partial charge in [0.1, 0.15) is 18.4 Å². The smallest absolute Gasteiger partial charge is 0.337 e. The monoisotopic (exact) mass is 217 g/mol. The molecular weight excluding hydrogens is 202 g/mol. The number of carbonyl (C=O) groups is 1. The Morgan fingerprint density at radius 1 is 1.33 bits per heavy atom. The van der Waals surface area contributed by atoms with Crippen molar-refractivity contribution >= 4 is 5.97 Å². The van der Waals surface area contributed by atoms with Crippen LogP contribution in [0.4, 0.5) is 0 Å². The molecule has 2 saturated heterocycles. The van der Waals surface area contributed by atoms with E-state index in [1.807, 2.05) is 0 Å². The molecule has 2 N–H and O–H groups in total. The quantitative estimate of drug-likeness (QED) is 0.589. The number of carbonyl (C=O) groups excluding carboxylic acids is 1. The standard InChI is InChI=1S/C9H15NO5/c1-9(2)14-4-5(15-9)7(10)13-6(4)8(11)12-3/h4-7H,10H2,1-3H3/t4-,5+,6-,7?/m0/s1. The number of ether oxygens (including phenoxy) is 4. The zero-order valence-electron chi connectivity index (χ0n) is 8.93. The molecule has 0 aromatic carbocycles. The highest BCUT2D eigenvalue weighted by Crippen LogP contribution is 2.37. The Bertz CT molecular complexity index is 280. The summed E-state index contributed by atoms with van der Waals surface area (Å²) in [6, 6.07) is 0. The fraction of sp³-hybridized carbons (Fsp3) is 0.889. The first kappa shape index (κ1) is 10.8. The molecule has 0 aliphatic carbocycles. The Morgan fingerprint density at radius 3 is 2.53 bits per heavy atom. The van der Waals surface area contributed by atoms with Crippen molar-refractivity contribution in [3.63, 3.8) is 0 Å². The van der Waals surface area contributed by atoms with Crippen molar-refractivity contribution in [2.24, 2.45) is 5.73 Å². The molecule has 6 nitrogen and oxygen atoms in total. The van der Waals surface area contributed by atoms with Crippen LogP contribution in [-0.2, 0) is 23.7 Å². The maximum atomic E-state index is 11.4. The van der Waals surface area contributed by atoms with Gasteiger partial charge in [-0.1, -0.05) is 0 Å². The highest BCUT2D eigenvalue weighted by atomic mass is 16.8. The van der Waals surface area contributed by atoms with Gasteiger partial charge < -0.3 is 24.7 Å². The minimum Gasteiger partial charge on any atom is -0.467 e. The van der Waals surface area contributed by atoms with Crippen molar-refractivity contribution in [1.29, 1.82) is 0 Å². The average molecular weight is 217 g/mol. The first-order chi connectivity index (χ1) is 6.94. The molecule has 2 rings (SSSR count). The lowest BCUT2D eigenvalue weighted by atomic mass is 10.1. The second kappa shape index (κ2) is 3.41. The zero-order valence-corrected chi connectivity index (χ0v) is 8.93. The van der Waals surface area contributed by atoms with Gasteiger partial charge in [0, 0.05) is 0 Å². The number of rotatable bonds is 1. The molecule has 0 spiro atoms. The van der Waals surface area contributed by atoms with Gasteiger partial charge in [0.25, 0.3) is 0 Å². The molecule has 86 valence electrons. The average Bonchev–Trinajstić information content (AvgIpc) is 2.61. The van der Waals surface area contributed by atoms with Gasteiger partial charge in [-0.25, -0.2) is 4.79 Å². The van der Waals surface area contributed by atoms with Crippen LogP contribution in [0.5, 0.6) is 0 Å². The second-order valence-electron chi connectivity index (χ2n) is 4.11. The summed E-state index contributed by atoms with van der Waals surface area (Å²) in [5.74, 6) is -1.22. The van der Waals surface area contributed by atoms with E-state index in [1.54, 1.807) is 13.8 Å². The van der Waals surface area contributed by atoms with Gasteiger partial charge in [0.15, 0.2) is 11.9 Å². The Balaban J connectivity index is 2.16. The normalized spacial score (nSPS) is 42.7. The van der Waals surface area contributed by atoms with Gasteiger partial charge in [-0.3, -0.25) is 0 Å². The molecule has 0 bridgehead atoms. The third kappa shape index (κ3) is 1.74. The van der Waals surface area contributed by atoms with Crippen molar-refractivity contribution in [3.05, 3.63) is 0 Å². The lowest BCUT2D eigenvalue weighted by Gasteiger charge is -2.21. The van der Waals surface area contributed by atoms with Crippen LogP contribution in [0.1, 0.15) is 13.8 Å². The number of hydrogen-bond donors (Lipinski definition) is 1. The Morgan fingerprint density at radius 2 is 1.93 bits per heavy atom. The van der Waals surface area contributed by atoms with Crippen LogP contribution in [0.2, 0.25) is 0 Å². The third-order valence-corrected chi connectivity index (χ3v) is 2.52. The number of esters is 1. The van der Waals surface area contributed by atoms with E-state index in [2.05, 4.69) is 4.74 Å². The lowest BCUT2D eigenvalue weighted by Crippen LogP contribution is -2.36. The van der Waals surface area contributed by atoms with Crippen molar-refractivity contribution in [2.75, 3.05) is 7.11 Å². The highest BCUT2D eigenvalue weighted by molar-refractivity contribution is 5.76. The first-order valence-corrected chi connectivity index (χ1v) is 4.79. The summed E-state index contributed by atoms with van der Waals surface area (Å²) < 4.78 is 20.9. The molecule has 0 amide bonds. The fourth-order valence-corrected chi connectivity index (χ4v) is 1.94. The maximum absolute atomic E-state index is 11.4. The van der Waals surface area contributed by atoms with Crippen molar-refractivity contribution in [3.8, 4) is 0 Å². The summed E-state index contributed by atoms with van der Waals surface area (Å²) in [5, 5.41) is 0. The number of nitrogens with two attached hydrogens (primary N) is 1. The van der Waals surface area contributed by atoms with E-state index < -0.39 is 36.3 Å². The van der Waals surface area contributed by atoms with Gasteiger partial charge in [-0.2, -0.15) is 0 Å². The van der Waals surface area contributed by atoms with Crippen LogP contribution in [0.3, 0.4) is 0 Å². The van der Waals surface area contributed by atoms with E-state index >= 15 is 0 Å². The van der Waals surface area contributed by atoms with Crippen molar-refractivity contribution in [1.82, 2.24) is 0 Å². The van der Waals surface area contributed by atoms with Crippen LogP contribution in [0.25, 0.3) is 0 Å². The van der Waals surface area contributed by atoms with Crippen LogP contribution in [0.15, 0.2) is 0 Å². The molecule has 15 heavy (non-hydrogen) atoms. The minimum absolute atomic E-state index is 0.413. The van der Waals surface area contributed by atoms with Crippen LogP contribution < -0.4 is 5.73 Å². The second-order valence-corrected chi connectivity index (χ2v) is 4.11. The topological polar surface area (TPSA) is 80.0 Å². The van der Waals surface area contributed by atoms with Crippen LogP contribution in [0, 0.1) is 0 Å². The number of hydrogen-bond acceptors (Lipinski definition) is 6. The van der Waals surface area contributed by atoms with E-state index in [4.69, 9.17) is 19.9 Å². The van der Waals surface area contributed by atoms with E-state index in [1.165, 1.54) is 7.11 Å². The van der Waals surface area contributed by atoms with Crippen molar-refractivity contribution < 1.29 is 23.7 Å². The van der Waals surface area contributed by atoms with E-state index in [-0.39, 0.29) is 0 Å². The predicted octanol–water partition coefficient (Wildman–Crippen LogP) is -0.637. The zero-order chi connectivity index (χ0) is 11.2. The molecule has 2 aliphatic heterocycles. The summed E-state index contributed by atoms with van der Waals surface area (Å²) in [5.41, 5.74) is 5.69. The van der Waals surface area contributed by atoms with Gasteiger partial charge in [0.2, 0.25) is 0 Å². The summed E-state index contributed by atoms with van der Waals surface area (Å²) in [4.78, 5) is 11.4. The molecule has 0 radical (unpaired) electrons. The molecule has 2 heterocycles. The van der Waals surface area contributed by atoms with Crippen LogP contribution in [-0.4, -0.2) is 43.4 Å². The van der Waals surface area contributed by atoms with Gasteiger partial charge in [-0.05, 0) is 13.8 Å². The van der Waals surface area contributed by atoms with Crippen molar-refractivity contribution in [2.45, 2.75) is 44.2 Å². The highest BCUT2D eigenvalue weighted by Gasteiger charge is 2.56. The third-order valence-electron chi connectivity index (χ3n) is 2.52. The van der Waals surface area contributed by atoms with E-state index in [0.29, 0.717) is 0 Å². The SMILES string of the molecule is COC(=O)[C@H]1OC(N)[C@@H]2OC(C)(C)O[C@H]12. The number of methoxy groups -OCH3 is 1. The molecule has 2 aliphatic rings. The Kier molecular flexibility index (Phi) is 2.46. The van der Waals surface area contributed by atoms with Gasteiger partial charge in [0.05, 0.1) is 7.11 Å². The fourth-order valence-electron chi connectivity index (χ4n) is 1.94. The largest absolute Gasteiger partial charge is 0.467 e. The van der Waals surface area contributed by atoms with E-state index in [0.717, 1.165) is 0 Å². The Hall–Kier alpha value is -0.690. The number of fused-ring (bicyclic) bond motifs is 1. The molecular formula is C9H15NO5. The van der Waals surface area contributed by atoms with Crippen LogP contribution >= 0.6 is 0 Å². The molecule has 0 saturated carbocycles. The summed E-state index contributed by atoms with van der Waals surface area (Å²) in [7, 11) is 1.30. The molecule has 2 fully saturated rings.